The molecule has 1 unspecified atom stereocenters. The van der Waals surface area contributed by atoms with E-state index in [1.165, 1.54) is 12.8 Å². The molecule has 0 spiro atoms. The lowest BCUT2D eigenvalue weighted by molar-refractivity contribution is 0.674. The van der Waals surface area contributed by atoms with Gasteiger partial charge in [-0.3, -0.25) is 0 Å². The Morgan fingerprint density at radius 3 is 2.65 bits per heavy atom. The van der Waals surface area contributed by atoms with Crippen molar-refractivity contribution < 1.29 is 0 Å². The van der Waals surface area contributed by atoms with Crippen molar-refractivity contribution in [1.29, 1.82) is 5.26 Å². The van der Waals surface area contributed by atoms with Gasteiger partial charge in [0.05, 0.1) is 12.0 Å². The first-order valence-corrected chi connectivity index (χ1v) is 7.31. The van der Waals surface area contributed by atoms with Gasteiger partial charge in [0.25, 0.3) is 0 Å². The maximum Gasteiger partial charge on any atom is 0.137 e. The first-order chi connectivity index (χ1) is 9.60. The molecule has 1 aromatic heterocycles. The molecule has 2 rings (SSSR count). The van der Waals surface area contributed by atoms with Gasteiger partial charge in [0.2, 0.25) is 0 Å². The van der Waals surface area contributed by atoms with Crippen molar-refractivity contribution in [3.8, 4) is 6.07 Å². The summed E-state index contributed by atoms with van der Waals surface area (Å²) in [5, 5.41) is 12.2. The largest absolute Gasteiger partial charge is 0.373 e. The van der Waals surface area contributed by atoms with Gasteiger partial charge < -0.3 is 10.2 Å². The van der Waals surface area contributed by atoms with Gasteiger partial charge in [-0.15, -0.1) is 0 Å². The molecular formula is C15H23N5. The highest BCUT2D eigenvalue weighted by Gasteiger charge is 2.29. The molecule has 0 bridgehead atoms. The van der Waals surface area contributed by atoms with E-state index < -0.39 is 0 Å². The third-order valence-corrected chi connectivity index (χ3v) is 3.71. The number of anilines is 2. The van der Waals surface area contributed by atoms with Gasteiger partial charge in [0, 0.05) is 31.6 Å². The summed E-state index contributed by atoms with van der Waals surface area (Å²) in [6.07, 6.45) is 2.37. The van der Waals surface area contributed by atoms with Crippen LogP contribution in [0.3, 0.4) is 0 Å². The Morgan fingerprint density at radius 1 is 1.45 bits per heavy atom. The van der Waals surface area contributed by atoms with Crippen LogP contribution in [0.25, 0.3) is 0 Å². The zero-order chi connectivity index (χ0) is 14.7. The van der Waals surface area contributed by atoms with Crippen molar-refractivity contribution in [2.45, 2.75) is 39.5 Å². The van der Waals surface area contributed by atoms with Gasteiger partial charge in [-0.1, -0.05) is 0 Å². The molecule has 108 valence electrons. The monoisotopic (exact) mass is 273 g/mol. The highest BCUT2D eigenvalue weighted by Crippen LogP contribution is 2.40. The summed E-state index contributed by atoms with van der Waals surface area (Å²) in [5.74, 6) is 3.33. The third-order valence-electron chi connectivity index (χ3n) is 3.71. The second-order valence-corrected chi connectivity index (χ2v) is 5.47. The van der Waals surface area contributed by atoms with Crippen LogP contribution in [-0.4, -0.2) is 30.1 Å². The van der Waals surface area contributed by atoms with Crippen LogP contribution in [-0.2, 0) is 0 Å². The molecule has 0 aromatic carbocycles. The Balaban J connectivity index is 2.36. The molecule has 1 N–H and O–H groups in total. The van der Waals surface area contributed by atoms with Crippen LogP contribution in [0.2, 0.25) is 0 Å². The van der Waals surface area contributed by atoms with Gasteiger partial charge in [-0.25, -0.2) is 9.97 Å². The van der Waals surface area contributed by atoms with Gasteiger partial charge in [-0.05, 0) is 33.6 Å². The molecule has 5 nitrogen and oxygen atoms in total. The molecule has 5 heteroatoms. The molecule has 20 heavy (non-hydrogen) atoms. The fraction of sp³-hybridized carbons (Fsp3) is 0.667. The molecule has 1 saturated carbocycles. The molecule has 0 radical (unpaired) electrons. The molecule has 0 amide bonds. The van der Waals surface area contributed by atoms with E-state index in [-0.39, 0.29) is 5.92 Å². The van der Waals surface area contributed by atoms with E-state index in [0.717, 1.165) is 29.6 Å². The summed E-state index contributed by atoms with van der Waals surface area (Å²) in [6.45, 7) is 7.63. The number of nitriles is 1. The quantitative estimate of drug-likeness (QED) is 0.863. The standard InChI is InChI=1S/C15H23N5/c1-5-20(9-10(2)8-16)15-11(3)13(17-4)18-14(19-15)12-6-7-12/h10,12H,5-7,9H2,1-4H3,(H,17,18,19). The van der Waals surface area contributed by atoms with E-state index in [4.69, 9.17) is 10.2 Å². The topological polar surface area (TPSA) is 64.8 Å². The van der Waals surface area contributed by atoms with Crippen molar-refractivity contribution in [1.82, 2.24) is 9.97 Å². The summed E-state index contributed by atoms with van der Waals surface area (Å²) in [6, 6.07) is 2.30. The Hall–Kier alpha value is -1.83. The van der Waals surface area contributed by atoms with Crippen LogP contribution < -0.4 is 10.2 Å². The van der Waals surface area contributed by atoms with Crippen molar-refractivity contribution >= 4 is 11.6 Å². The number of rotatable bonds is 6. The SMILES string of the molecule is CCN(CC(C)C#N)c1nc(C2CC2)nc(NC)c1C. The Kier molecular flexibility index (Phi) is 4.43. The van der Waals surface area contributed by atoms with E-state index in [1.807, 2.05) is 20.9 Å². The maximum absolute atomic E-state index is 9.03. The molecule has 1 fully saturated rings. The van der Waals surface area contributed by atoms with Gasteiger partial charge >= 0.3 is 0 Å². The summed E-state index contributed by atoms with van der Waals surface area (Å²) < 4.78 is 0. The van der Waals surface area contributed by atoms with Gasteiger partial charge in [-0.2, -0.15) is 5.26 Å². The van der Waals surface area contributed by atoms with Crippen LogP contribution >= 0.6 is 0 Å². The van der Waals surface area contributed by atoms with Crippen molar-refractivity contribution in [2.24, 2.45) is 5.92 Å². The molecule has 1 aliphatic carbocycles. The number of hydrogen-bond donors (Lipinski definition) is 1. The van der Waals surface area contributed by atoms with Gasteiger partial charge in [0.15, 0.2) is 0 Å². The average molecular weight is 273 g/mol. The summed E-state index contributed by atoms with van der Waals surface area (Å²) in [5.41, 5.74) is 1.06. The second kappa shape index (κ2) is 6.08. The van der Waals surface area contributed by atoms with Crippen LogP contribution in [0.15, 0.2) is 0 Å². The van der Waals surface area contributed by atoms with Crippen molar-refractivity contribution in [3.05, 3.63) is 11.4 Å². The van der Waals surface area contributed by atoms with Crippen LogP contribution in [0.4, 0.5) is 11.6 Å². The minimum Gasteiger partial charge on any atom is -0.373 e. The summed E-state index contributed by atoms with van der Waals surface area (Å²) in [7, 11) is 1.89. The van der Waals surface area contributed by atoms with E-state index in [2.05, 4.69) is 28.2 Å². The Morgan fingerprint density at radius 2 is 2.15 bits per heavy atom. The molecular weight excluding hydrogens is 250 g/mol. The highest BCUT2D eigenvalue weighted by molar-refractivity contribution is 5.58. The zero-order valence-corrected chi connectivity index (χ0v) is 12.8. The second-order valence-electron chi connectivity index (χ2n) is 5.47. The summed E-state index contributed by atoms with van der Waals surface area (Å²) >= 11 is 0. The summed E-state index contributed by atoms with van der Waals surface area (Å²) in [4.78, 5) is 11.6. The third kappa shape index (κ3) is 3.01. The first kappa shape index (κ1) is 14.6. The first-order valence-electron chi connectivity index (χ1n) is 7.31. The predicted molar refractivity (Wildman–Crippen MR) is 81.0 cm³/mol. The minimum absolute atomic E-state index is 0.00766. The van der Waals surface area contributed by atoms with E-state index in [9.17, 15) is 0 Å². The normalized spacial score (nSPS) is 15.6. The zero-order valence-electron chi connectivity index (χ0n) is 12.8. The lowest BCUT2D eigenvalue weighted by atomic mass is 10.2. The highest BCUT2D eigenvalue weighted by atomic mass is 15.2. The molecule has 1 heterocycles. The van der Waals surface area contributed by atoms with E-state index >= 15 is 0 Å². The molecule has 1 aromatic rings. The van der Waals surface area contributed by atoms with Gasteiger partial charge in [0.1, 0.15) is 17.5 Å². The van der Waals surface area contributed by atoms with E-state index in [0.29, 0.717) is 12.5 Å². The average Bonchev–Trinajstić information content (AvgIpc) is 3.29. The lowest BCUT2D eigenvalue weighted by Gasteiger charge is -2.26. The number of nitrogens with one attached hydrogen (secondary N) is 1. The lowest BCUT2D eigenvalue weighted by Crippen LogP contribution is -2.30. The Labute approximate surface area is 121 Å². The Bertz CT molecular complexity index is 516. The van der Waals surface area contributed by atoms with Crippen LogP contribution in [0.5, 0.6) is 0 Å². The number of nitrogens with zero attached hydrogens (tertiary/aromatic N) is 4. The molecule has 1 aliphatic rings. The van der Waals surface area contributed by atoms with Crippen LogP contribution in [0.1, 0.15) is 44.0 Å². The molecule has 0 saturated heterocycles. The molecule has 0 aliphatic heterocycles. The van der Waals surface area contributed by atoms with Crippen molar-refractivity contribution in [2.75, 3.05) is 30.4 Å². The minimum atomic E-state index is -0.00766. The van der Waals surface area contributed by atoms with Crippen molar-refractivity contribution in [3.63, 3.8) is 0 Å². The molecule has 1 atom stereocenters. The number of aromatic nitrogens is 2. The predicted octanol–water partition coefficient (Wildman–Crippen LogP) is 2.69. The smallest absolute Gasteiger partial charge is 0.137 e. The fourth-order valence-electron chi connectivity index (χ4n) is 2.33. The van der Waals surface area contributed by atoms with Crippen LogP contribution in [0, 0.1) is 24.2 Å². The van der Waals surface area contributed by atoms with E-state index in [1.54, 1.807) is 0 Å². The fourth-order valence-corrected chi connectivity index (χ4v) is 2.33. The number of hydrogen-bond acceptors (Lipinski definition) is 5. The maximum atomic E-state index is 9.03.